The van der Waals surface area contributed by atoms with E-state index in [1.54, 1.807) is 48.5 Å². The van der Waals surface area contributed by atoms with Gasteiger partial charge in [-0.15, -0.1) is 10.2 Å². The molecule has 1 fully saturated rings. The number of benzene rings is 4. The van der Waals surface area contributed by atoms with Crippen LogP contribution in [0.3, 0.4) is 0 Å². The number of carbonyl (C=O) groups excluding carboxylic acids is 2. The van der Waals surface area contributed by atoms with Crippen LogP contribution in [0.1, 0.15) is 29.7 Å². The molecule has 0 aliphatic carbocycles. The lowest BCUT2D eigenvalue weighted by molar-refractivity contribution is -0.132. The maximum Gasteiger partial charge on any atom is 0.301 e. The zero-order valence-corrected chi connectivity index (χ0v) is 26.0. The first-order valence-corrected chi connectivity index (χ1v) is 16.1. The number of rotatable bonds is 11. The number of ether oxygens (including phenoxy) is 2. The summed E-state index contributed by atoms with van der Waals surface area (Å²) in [5.74, 6) is -0.317. The summed E-state index contributed by atoms with van der Waals surface area (Å²) in [5, 5.41) is 22.7. The van der Waals surface area contributed by atoms with Crippen LogP contribution in [-0.2, 0) is 15.3 Å². The van der Waals surface area contributed by atoms with Crippen LogP contribution < -0.4 is 14.4 Å². The molecule has 45 heavy (non-hydrogen) atoms. The van der Waals surface area contributed by atoms with E-state index in [9.17, 15) is 14.7 Å². The van der Waals surface area contributed by atoms with Crippen LogP contribution in [0.5, 0.6) is 11.5 Å². The van der Waals surface area contributed by atoms with Crippen molar-refractivity contribution in [3.8, 4) is 11.5 Å². The van der Waals surface area contributed by atoms with Gasteiger partial charge in [0.05, 0.1) is 18.2 Å². The topological polar surface area (TPSA) is 102 Å². The molecule has 0 radical (unpaired) electrons. The van der Waals surface area contributed by atoms with E-state index in [1.807, 2.05) is 31.2 Å². The average Bonchev–Trinajstić information content (AvgIpc) is 3.64. The molecule has 5 aromatic rings. The third kappa shape index (κ3) is 6.07. The van der Waals surface area contributed by atoms with Gasteiger partial charge in [-0.25, -0.2) is 0 Å². The highest BCUT2D eigenvalue weighted by Crippen LogP contribution is 2.45. The number of nitrogens with zero attached hydrogens (tertiary/aromatic N) is 3. The lowest BCUT2D eigenvalue weighted by Crippen LogP contribution is -2.29. The summed E-state index contributed by atoms with van der Waals surface area (Å²) >= 11 is 2.73. The summed E-state index contributed by atoms with van der Waals surface area (Å²) in [4.78, 5) is 28.6. The Morgan fingerprint density at radius 1 is 0.978 bits per heavy atom. The van der Waals surface area contributed by atoms with Crippen molar-refractivity contribution in [1.29, 1.82) is 0 Å². The van der Waals surface area contributed by atoms with Crippen molar-refractivity contribution in [2.45, 2.75) is 23.1 Å². The molecule has 1 N–H and O–H groups in total. The first-order valence-electron chi connectivity index (χ1n) is 14.3. The first-order chi connectivity index (χ1) is 22.0. The third-order valence-electron chi connectivity index (χ3n) is 7.26. The van der Waals surface area contributed by atoms with Crippen molar-refractivity contribution < 1.29 is 24.2 Å². The third-order valence-corrected chi connectivity index (χ3v) is 9.37. The van der Waals surface area contributed by atoms with E-state index in [1.165, 1.54) is 28.0 Å². The van der Waals surface area contributed by atoms with E-state index < -0.39 is 17.7 Å². The summed E-state index contributed by atoms with van der Waals surface area (Å²) in [6.07, 6.45) is 1.63. The molecular formula is C35H29N3O5S2. The number of thioether (sulfide) groups is 1. The van der Waals surface area contributed by atoms with Gasteiger partial charge in [0, 0.05) is 11.3 Å². The van der Waals surface area contributed by atoms with E-state index in [4.69, 9.17) is 9.47 Å². The van der Waals surface area contributed by atoms with Crippen LogP contribution in [0.25, 0.3) is 16.5 Å². The van der Waals surface area contributed by atoms with Gasteiger partial charge in [-0.3, -0.25) is 14.5 Å². The van der Waals surface area contributed by atoms with Crippen molar-refractivity contribution in [3.05, 3.63) is 126 Å². The zero-order chi connectivity index (χ0) is 31.3. The Hall–Kier alpha value is -4.93. The number of carbonyl (C=O) groups is 2. The highest BCUT2D eigenvalue weighted by molar-refractivity contribution is 8.00. The second kappa shape index (κ2) is 13.4. The molecule has 1 atom stereocenters. The normalized spacial score (nSPS) is 15.8. The highest BCUT2D eigenvalue weighted by atomic mass is 32.2. The second-order valence-corrected chi connectivity index (χ2v) is 12.2. The van der Waals surface area contributed by atoms with Crippen LogP contribution in [0.15, 0.2) is 114 Å². The molecule has 4 aromatic carbocycles. The number of ketones is 1. The minimum absolute atomic E-state index is 0.0476. The van der Waals surface area contributed by atoms with Gasteiger partial charge in [0.25, 0.3) is 5.78 Å². The number of aromatic nitrogens is 2. The van der Waals surface area contributed by atoms with Gasteiger partial charge < -0.3 is 14.6 Å². The molecular weight excluding hydrogens is 607 g/mol. The van der Waals surface area contributed by atoms with E-state index in [2.05, 4.69) is 41.0 Å². The summed E-state index contributed by atoms with van der Waals surface area (Å²) in [6, 6.07) is 27.3. The summed E-state index contributed by atoms with van der Waals surface area (Å²) in [5.41, 5.74) is 2.07. The molecule has 226 valence electrons. The van der Waals surface area contributed by atoms with Crippen LogP contribution in [0.2, 0.25) is 0 Å². The minimum atomic E-state index is -0.985. The van der Waals surface area contributed by atoms with Gasteiger partial charge in [0.15, 0.2) is 15.8 Å². The van der Waals surface area contributed by atoms with Crippen molar-refractivity contribution in [1.82, 2.24) is 10.2 Å². The van der Waals surface area contributed by atoms with Crippen LogP contribution in [0, 0.1) is 0 Å². The van der Waals surface area contributed by atoms with Gasteiger partial charge in [-0.2, -0.15) is 0 Å². The van der Waals surface area contributed by atoms with Gasteiger partial charge in [-0.05, 0) is 41.0 Å². The maximum atomic E-state index is 13.7. The highest BCUT2D eigenvalue weighted by Gasteiger charge is 2.48. The summed E-state index contributed by atoms with van der Waals surface area (Å²) in [6.45, 7) is 6.19. The standard InChI is InChI=1S/C35H29N3O5S2/c1-3-19-43-27-18-17-24(20-28(27)42-4-2)30-29(31(39)23-12-6-5-7-13-23)32(40)33(41)38(30)34-36-37-35(45-34)44-21-25-15-10-14-22-11-8-9-16-26(22)25/h3,5-18,20,30,39H,1,4,19,21H2,2H3/b31-29+. The van der Waals surface area contributed by atoms with Crippen molar-refractivity contribution >= 4 is 56.5 Å². The molecule has 0 spiro atoms. The number of Topliss-reactive ketones (excluding diaryl/α,β-unsaturated/α-hetero) is 1. The first kappa shape index (κ1) is 30.1. The van der Waals surface area contributed by atoms with Crippen LogP contribution in [0.4, 0.5) is 5.13 Å². The van der Waals surface area contributed by atoms with E-state index >= 15 is 0 Å². The lowest BCUT2D eigenvalue weighted by atomic mass is 9.95. The van der Waals surface area contributed by atoms with Crippen LogP contribution >= 0.6 is 23.1 Å². The predicted molar refractivity (Wildman–Crippen MR) is 178 cm³/mol. The molecule has 1 unspecified atom stereocenters. The number of aliphatic hydroxyl groups excluding tert-OH is 1. The molecule has 0 bridgehead atoms. The molecule has 1 aliphatic rings. The van der Waals surface area contributed by atoms with Crippen molar-refractivity contribution in [2.75, 3.05) is 18.1 Å². The largest absolute Gasteiger partial charge is 0.507 e. The molecule has 6 rings (SSSR count). The Morgan fingerprint density at radius 3 is 2.56 bits per heavy atom. The van der Waals surface area contributed by atoms with Crippen molar-refractivity contribution in [2.24, 2.45) is 0 Å². The maximum absolute atomic E-state index is 13.7. The second-order valence-electron chi connectivity index (χ2n) is 10.1. The fraction of sp³-hybridized carbons (Fsp3) is 0.143. The molecule has 2 heterocycles. The number of amides is 1. The van der Waals surface area contributed by atoms with Gasteiger partial charge in [0.1, 0.15) is 12.4 Å². The quantitative estimate of drug-likeness (QED) is 0.0396. The fourth-order valence-corrected chi connectivity index (χ4v) is 7.12. The molecule has 1 amide bonds. The average molecular weight is 636 g/mol. The SMILES string of the molecule is C=CCOc1ccc(C2/C(=C(\O)c3ccccc3)C(=O)C(=O)N2c2nnc(SCc3cccc4ccccc34)s2)cc1OCC. The van der Waals surface area contributed by atoms with E-state index in [0.717, 1.165) is 16.3 Å². The number of hydrogen-bond donors (Lipinski definition) is 1. The van der Waals surface area contributed by atoms with Gasteiger partial charge in [0.2, 0.25) is 5.13 Å². The monoisotopic (exact) mass is 635 g/mol. The molecule has 0 saturated carbocycles. The number of hydrogen-bond acceptors (Lipinski definition) is 9. The smallest absolute Gasteiger partial charge is 0.301 e. The number of fused-ring (bicyclic) bond motifs is 1. The fourth-order valence-electron chi connectivity index (χ4n) is 5.24. The van der Waals surface area contributed by atoms with E-state index in [-0.39, 0.29) is 23.1 Å². The Labute approximate surface area is 268 Å². The molecule has 1 saturated heterocycles. The number of aliphatic hydroxyl groups is 1. The summed E-state index contributed by atoms with van der Waals surface area (Å²) in [7, 11) is 0. The summed E-state index contributed by atoms with van der Waals surface area (Å²) < 4.78 is 12.3. The van der Waals surface area contributed by atoms with Crippen LogP contribution in [-0.4, -0.2) is 40.2 Å². The molecule has 1 aromatic heterocycles. The minimum Gasteiger partial charge on any atom is -0.507 e. The van der Waals surface area contributed by atoms with Gasteiger partial charge in [-0.1, -0.05) is 115 Å². The Kier molecular flexibility index (Phi) is 8.95. The Morgan fingerprint density at radius 2 is 1.76 bits per heavy atom. The van der Waals surface area contributed by atoms with E-state index in [0.29, 0.717) is 39.3 Å². The lowest BCUT2D eigenvalue weighted by Gasteiger charge is -2.23. The molecule has 1 aliphatic heterocycles. The predicted octanol–water partition coefficient (Wildman–Crippen LogP) is 7.57. The molecule has 8 nitrogen and oxygen atoms in total. The van der Waals surface area contributed by atoms with Gasteiger partial charge >= 0.3 is 5.91 Å². The zero-order valence-electron chi connectivity index (χ0n) is 24.4. The number of anilines is 1. The van der Waals surface area contributed by atoms with Crippen molar-refractivity contribution in [3.63, 3.8) is 0 Å². The molecule has 10 heteroatoms. The Balaban J connectivity index is 1.39. The Bertz CT molecular complexity index is 1920.